The summed E-state index contributed by atoms with van der Waals surface area (Å²) in [5.41, 5.74) is 1.07. The third kappa shape index (κ3) is 6.05. The Morgan fingerprint density at radius 1 is 1.30 bits per heavy atom. The van der Waals surface area contributed by atoms with Gasteiger partial charge in [-0.05, 0) is 43.5 Å². The molecular formula is C20H32N4O3. The lowest BCUT2D eigenvalue weighted by atomic mass is 10.1. The number of amides is 1. The fourth-order valence-corrected chi connectivity index (χ4v) is 3.21. The van der Waals surface area contributed by atoms with Crippen molar-refractivity contribution < 1.29 is 14.3 Å². The maximum atomic E-state index is 11.8. The van der Waals surface area contributed by atoms with E-state index in [2.05, 4.69) is 15.6 Å². The number of carbonyl (C=O) groups excluding carboxylic acids is 1. The summed E-state index contributed by atoms with van der Waals surface area (Å²) in [6.07, 6.45) is 2.26. The van der Waals surface area contributed by atoms with E-state index in [1.165, 1.54) is 0 Å². The molecule has 1 aromatic rings. The summed E-state index contributed by atoms with van der Waals surface area (Å²) < 4.78 is 10.7. The van der Waals surface area contributed by atoms with Gasteiger partial charge < -0.3 is 25.0 Å². The highest BCUT2D eigenvalue weighted by Crippen LogP contribution is 2.24. The molecule has 1 unspecified atom stereocenters. The van der Waals surface area contributed by atoms with Gasteiger partial charge in [-0.2, -0.15) is 0 Å². The summed E-state index contributed by atoms with van der Waals surface area (Å²) in [7, 11) is 3.33. The highest BCUT2D eigenvalue weighted by atomic mass is 16.5. The molecule has 0 aliphatic carbocycles. The van der Waals surface area contributed by atoms with Gasteiger partial charge in [0.1, 0.15) is 11.5 Å². The summed E-state index contributed by atoms with van der Waals surface area (Å²) in [4.78, 5) is 18.4. The molecule has 0 bridgehead atoms. The number of nitrogens with one attached hydrogen (secondary N) is 2. The van der Waals surface area contributed by atoms with Crippen LogP contribution < -0.4 is 20.1 Å². The molecule has 1 amide bonds. The van der Waals surface area contributed by atoms with E-state index in [-0.39, 0.29) is 11.9 Å². The number of carbonyl (C=O) groups is 1. The van der Waals surface area contributed by atoms with Gasteiger partial charge >= 0.3 is 0 Å². The van der Waals surface area contributed by atoms with Crippen molar-refractivity contribution in [1.29, 1.82) is 0 Å². The first-order valence-corrected chi connectivity index (χ1v) is 9.64. The number of ether oxygens (including phenoxy) is 2. The average Bonchev–Trinajstić information content (AvgIpc) is 3.15. The van der Waals surface area contributed by atoms with E-state index < -0.39 is 0 Å². The third-order valence-electron chi connectivity index (χ3n) is 4.67. The molecular weight excluding hydrogens is 344 g/mol. The predicted molar refractivity (Wildman–Crippen MR) is 108 cm³/mol. The number of rotatable bonds is 8. The van der Waals surface area contributed by atoms with Crippen LogP contribution in [0.1, 0.15) is 32.3 Å². The topological polar surface area (TPSA) is 75.2 Å². The maximum absolute atomic E-state index is 11.8. The molecule has 2 N–H and O–H groups in total. The Morgan fingerprint density at radius 2 is 2.11 bits per heavy atom. The highest BCUT2D eigenvalue weighted by molar-refractivity contribution is 5.80. The molecule has 1 aliphatic rings. The molecule has 1 atom stereocenters. The zero-order chi connectivity index (χ0) is 19.6. The minimum Gasteiger partial charge on any atom is -0.497 e. The molecule has 1 saturated heterocycles. The molecule has 2 rings (SSSR count). The number of hydrogen-bond donors (Lipinski definition) is 2. The Bertz CT molecular complexity index is 648. The molecule has 1 aliphatic heterocycles. The van der Waals surface area contributed by atoms with E-state index in [1.807, 2.05) is 36.9 Å². The van der Waals surface area contributed by atoms with Gasteiger partial charge in [0.05, 0.1) is 14.2 Å². The van der Waals surface area contributed by atoms with Gasteiger partial charge in [0, 0.05) is 38.6 Å². The molecule has 7 nitrogen and oxygen atoms in total. The van der Waals surface area contributed by atoms with Gasteiger partial charge in [0.15, 0.2) is 5.96 Å². The summed E-state index contributed by atoms with van der Waals surface area (Å²) >= 11 is 0. The Kier molecular flexibility index (Phi) is 8.23. The zero-order valence-electron chi connectivity index (χ0n) is 16.9. The van der Waals surface area contributed by atoms with Crippen LogP contribution in [0.3, 0.4) is 0 Å². The van der Waals surface area contributed by atoms with Crippen molar-refractivity contribution in [3.63, 3.8) is 0 Å². The SMILES string of the molecule is CCNC(=NCCc1cc(OC)ccc1OC)NC1CCN(C(=O)CC)C1. The second-order valence-electron chi connectivity index (χ2n) is 6.51. The lowest BCUT2D eigenvalue weighted by molar-refractivity contribution is -0.129. The first-order chi connectivity index (χ1) is 13.1. The van der Waals surface area contributed by atoms with Crippen LogP contribution >= 0.6 is 0 Å². The van der Waals surface area contributed by atoms with Crippen LogP contribution in [0.5, 0.6) is 11.5 Å². The smallest absolute Gasteiger partial charge is 0.222 e. The zero-order valence-corrected chi connectivity index (χ0v) is 16.9. The standard InChI is InChI=1S/C20H32N4O3/c1-5-19(25)24-12-10-16(14-24)23-20(21-6-2)22-11-9-15-13-17(26-3)7-8-18(15)27-4/h7-8,13,16H,5-6,9-12,14H2,1-4H3,(H2,21,22,23). The number of benzene rings is 1. The van der Waals surface area contributed by atoms with Gasteiger partial charge in [-0.1, -0.05) is 6.92 Å². The Hall–Kier alpha value is -2.44. The number of likely N-dealkylation sites (tertiary alicyclic amines) is 1. The van der Waals surface area contributed by atoms with Gasteiger partial charge in [-0.15, -0.1) is 0 Å². The van der Waals surface area contributed by atoms with Gasteiger partial charge in [-0.25, -0.2) is 0 Å². The number of nitrogens with zero attached hydrogens (tertiary/aromatic N) is 2. The van der Waals surface area contributed by atoms with Crippen molar-refractivity contribution in [1.82, 2.24) is 15.5 Å². The quantitative estimate of drug-likeness (QED) is 0.535. The van der Waals surface area contributed by atoms with E-state index >= 15 is 0 Å². The average molecular weight is 377 g/mol. The fraction of sp³-hybridized carbons (Fsp3) is 0.600. The molecule has 0 radical (unpaired) electrons. The van der Waals surface area contributed by atoms with Crippen LogP contribution in [0.15, 0.2) is 23.2 Å². The van der Waals surface area contributed by atoms with Crippen molar-refractivity contribution >= 4 is 11.9 Å². The monoisotopic (exact) mass is 376 g/mol. The molecule has 0 aromatic heterocycles. The van der Waals surface area contributed by atoms with Crippen molar-refractivity contribution in [2.75, 3.05) is 40.4 Å². The van der Waals surface area contributed by atoms with Crippen LogP contribution in [-0.2, 0) is 11.2 Å². The predicted octanol–water partition coefficient (Wildman–Crippen LogP) is 1.81. The van der Waals surface area contributed by atoms with Crippen LogP contribution in [0.25, 0.3) is 0 Å². The Labute approximate surface area is 162 Å². The maximum Gasteiger partial charge on any atom is 0.222 e. The summed E-state index contributed by atoms with van der Waals surface area (Å²) in [5.74, 6) is 2.65. The van der Waals surface area contributed by atoms with Gasteiger partial charge in [-0.3, -0.25) is 9.79 Å². The number of methoxy groups -OCH3 is 2. The van der Waals surface area contributed by atoms with Crippen molar-refractivity contribution in [2.45, 2.75) is 39.2 Å². The van der Waals surface area contributed by atoms with E-state index in [9.17, 15) is 4.79 Å². The second-order valence-corrected chi connectivity index (χ2v) is 6.51. The van der Waals surface area contributed by atoms with Gasteiger partial charge in [0.25, 0.3) is 0 Å². The second kappa shape index (κ2) is 10.6. The van der Waals surface area contributed by atoms with Crippen molar-refractivity contribution in [2.24, 2.45) is 4.99 Å². The van der Waals surface area contributed by atoms with Crippen LogP contribution in [0.2, 0.25) is 0 Å². The summed E-state index contributed by atoms with van der Waals surface area (Å²) in [6, 6.07) is 6.03. The minimum absolute atomic E-state index is 0.214. The lowest BCUT2D eigenvalue weighted by Crippen LogP contribution is -2.45. The Balaban J connectivity index is 1.95. The Morgan fingerprint density at radius 3 is 2.78 bits per heavy atom. The van der Waals surface area contributed by atoms with E-state index in [1.54, 1.807) is 14.2 Å². The summed E-state index contributed by atoms with van der Waals surface area (Å²) in [5, 5.41) is 6.74. The normalized spacial score (nSPS) is 17.0. The van der Waals surface area contributed by atoms with Crippen molar-refractivity contribution in [3.8, 4) is 11.5 Å². The van der Waals surface area contributed by atoms with Gasteiger partial charge in [0.2, 0.25) is 5.91 Å². The molecule has 150 valence electrons. The molecule has 27 heavy (non-hydrogen) atoms. The molecule has 0 spiro atoms. The molecule has 1 aromatic carbocycles. The number of guanidine groups is 1. The largest absolute Gasteiger partial charge is 0.497 e. The molecule has 0 saturated carbocycles. The van der Waals surface area contributed by atoms with E-state index in [0.717, 1.165) is 55.5 Å². The fourth-order valence-electron chi connectivity index (χ4n) is 3.21. The van der Waals surface area contributed by atoms with Crippen LogP contribution in [0.4, 0.5) is 0 Å². The molecule has 7 heteroatoms. The number of hydrogen-bond acceptors (Lipinski definition) is 4. The van der Waals surface area contributed by atoms with E-state index in [0.29, 0.717) is 13.0 Å². The number of aliphatic imine (C=N–C) groups is 1. The minimum atomic E-state index is 0.214. The van der Waals surface area contributed by atoms with Crippen LogP contribution in [0, 0.1) is 0 Å². The first-order valence-electron chi connectivity index (χ1n) is 9.64. The first kappa shape index (κ1) is 20.9. The highest BCUT2D eigenvalue weighted by Gasteiger charge is 2.25. The van der Waals surface area contributed by atoms with E-state index in [4.69, 9.17) is 9.47 Å². The van der Waals surface area contributed by atoms with Crippen molar-refractivity contribution in [3.05, 3.63) is 23.8 Å². The third-order valence-corrected chi connectivity index (χ3v) is 4.67. The molecule has 1 heterocycles. The lowest BCUT2D eigenvalue weighted by Gasteiger charge is -2.18. The van der Waals surface area contributed by atoms with Crippen LogP contribution in [-0.4, -0.2) is 63.2 Å². The molecule has 1 fully saturated rings. The summed E-state index contributed by atoms with van der Waals surface area (Å²) in [6.45, 7) is 6.92.